The molecule has 1 aliphatic rings. The van der Waals surface area contributed by atoms with E-state index in [0.717, 1.165) is 30.5 Å². The van der Waals surface area contributed by atoms with Gasteiger partial charge in [0.05, 0.1) is 19.1 Å². The molecule has 2 aromatic carbocycles. The van der Waals surface area contributed by atoms with Gasteiger partial charge in [-0.05, 0) is 30.9 Å². The van der Waals surface area contributed by atoms with Crippen molar-refractivity contribution in [1.29, 1.82) is 0 Å². The Morgan fingerprint density at radius 2 is 1.97 bits per heavy atom. The van der Waals surface area contributed by atoms with E-state index in [1.165, 1.54) is 5.56 Å². The number of urea groups is 1. The lowest BCUT2D eigenvalue weighted by atomic mass is 9.98. The molecule has 2 amide bonds. The van der Waals surface area contributed by atoms with Gasteiger partial charge in [-0.15, -0.1) is 0 Å². The number of nitrogens with zero attached hydrogens (tertiary/aromatic N) is 3. The number of hydrogen-bond donors (Lipinski definition) is 1. The molecule has 1 saturated heterocycles. The standard InChI is InChI=1S/C25H30N4O3/c1-19-9-11-20(12-10-19)16-26-25(30)29-14-5-8-22(17-29)24-27-23(28-32-24)13-15-31-18-21-6-3-2-4-7-21/h2-4,6-7,9-12,22H,5,8,13-18H2,1H3,(H,26,30). The lowest BCUT2D eigenvalue weighted by molar-refractivity contribution is 0.122. The molecule has 1 N–H and O–H groups in total. The van der Waals surface area contributed by atoms with Gasteiger partial charge in [-0.2, -0.15) is 4.98 Å². The summed E-state index contributed by atoms with van der Waals surface area (Å²) in [6.45, 7) is 5.01. The zero-order valence-electron chi connectivity index (χ0n) is 18.5. The molecule has 1 unspecified atom stereocenters. The van der Waals surface area contributed by atoms with Gasteiger partial charge in [0, 0.05) is 26.1 Å². The minimum Gasteiger partial charge on any atom is -0.376 e. The van der Waals surface area contributed by atoms with Crippen LogP contribution >= 0.6 is 0 Å². The number of piperidine rings is 1. The lowest BCUT2D eigenvalue weighted by Gasteiger charge is -2.31. The van der Waals surface area contributed by atoms with Crippen LogP contribution in [0.5, 0.6) is 0 Å². The summed E-state index contributed by atoms with van der Waals surface area (Å²) >= 11 is 0. The van der Waals surface area contributed by atoms with Crippen LogP contribution in [0.1, 0.15) is 47.2 Å². The number of likely N-dealkylation sites (tertiary alicyclic amines) is 1. The number of benzene rings is 2. The molecule has 1 aliphatic heterocycles. The summed E-state index contributed by atoms with van der Waals surface area (Å²) in [5.41, 5.74) is 3.44. The maximum absolute atomic E-state index is 12.6. The molecule has 0 saturated carbocycles. The van der Waals surface area contributed by atoms with Crippen LogP contribution in [-0.4, -0.2) is 40.8 Å². The van der Waals surface area contributed by atoms with E-state index in [1.54, 1.807) is 0 Å². The van der Waals surface area contributed by atoms with E-state index < -0.39 is 0 Å². The van der Waals surface area contributed by atoms with Crippen LogP contribution in [0.15, 0.2) is 59.1 Å². The van der Waals surface area contributed by atoms with Crippen LogP contribution in [0.3, 0.4) is 0 Å². The van der Waals surface area contributed by atoms with Gasteiger partial charge in [0.15, 0.2) is 5.82 Å². The van der Waals surface area contributed by atoms with Crippen LogP contribution < -0.4 is 5.32 Å². The molecule has 1 atom stereocenters. The van der Waals surface area contributed by atoms with Gasteiger partial charge in [0.1, 0.15) is 0 Å². The predicted molar refractivity (Wildman–Crippen MR) is 121 cm³/mol. The molecule has 2 heterocycles. The highest BCUT2D eigenvalue weighted by Gasteiger charge is 2.28. The van der Waals surface area contributed by atoms with Gasteiger partial charge in [-0.1, -0.05) is 65.3 Å². The maximum Gasteiger partial charge on any atom is 0.317 e. The number of hydrogen-bond acceptors (Lipinski definition) is 5. The van der Waals surface area contributed by atoms with Crippen LogP contribution in [0.25, 0.3) is 0 Å². The fourth-order valence-electron chi connectivity index (χ4n) is 3.82. The molecule has 32 heavy (non-hydrogen) atoms. The molecule has 1 aromatic heterocycles. The summed E-state index contributed by atoms with van der Waals surface area (Å²) in [5.74, 6) is 1.33. The van der Waals surface area contributed by atoms with Gasteiger partial charge in [-0.3, -0.25) is 0 Å². The largest absolute Gasteiger partial charge is 0.376 e. The average Bonchev–Trinajstić information content (AvgIpc) is 3.31. The summed E-state index contributed by atoms with van der Waals surface area (Å²) in [4.78, 5) is 19.0. The van der Waals surface area contributed by atoms with Crippen molar-refractivity contribution in [3.63, 3.8) is 0 Å². The Kier molecular flexibility index (Phi) is 7.51. The minimum atomic E-state index is -0.0516. The molecule has 0 radical (unpaired) electrons. The number of aryl methyl sites for hydroxylation is 1. The number of nitrogens with one attached hydrogen (secondary N) is 1. The topological polar surface area (TPSA) is 80.5 Å². The first-order valence-electron chi connectivity index (χ1n) is 11.2. The summed E-state index contributed by atoms with van der Waals surface area (Å²) < 4.78 is 11.2. The SMILES string of the molecule is Cc1ccc(CNC(=O)N2CCCC(c3nc(CCOCc4ccccc4)no3)C2)cc1. The molecule has 4 rings (SSSR count). The Hall–Kier alpha value is -3.19. The van der Waals surface area contributed by atoms with Crippen molar-refractivity contribution in [2.24, 2.45) is 0 Å². The maximum atomic E-state index is 12.6. The quantitative estimate of drug-likeness (QED) is 0.537. The Labute approximate surface area is 188 Å². The molecule has 0 bridgehead atoms. The zero-order valence-corrected chi connectivity index (χ0v) is 18.5. The molecule has 3 aromatic rings. The van der Waals surface area contributed by atoms with Crippen molar-refractivity contribution in [2.75, 3.05) is 19.7 Å². The summed E-state index contributed by atoms with van der Waals surface area (Å²) in [7, 11) is 0. The van der Waals surface area contributed by atoms with E-state index in [2.05, 4.69) is 34.5 Å². The third-order valence-electron chi connectivity index (χ3n) is 5.69. The van der Waals surface area contributed by atoms with Crippen LogP contribution in [0, 0.1) is 6.92 Å². The summed E-state index contributed by atoms with van der Waals surface area (Å²) in [5, 5.41) is 7.12. The highest BCUT2D eigenvalue weighted by atomic mass is 16.5. The van der Waals surface area contributed by atoms with E-state index in [9.17, 15) is 4.79 Å². The van der Waals surface area contributed by atoms with Gasteiger partial charge < -0.3 is 19.5 Å². The number of amides is 2. The number of ether oxygens (including phenoxy) is 1. The van der Waals surface area contributed by atoms with E-state index in [1.807, 2.05) is 47.4 Å². The molecule has 0 spiro atoms. The first-order chi connectivity index (χ1) is 15.7. The van der Waals surface area contributed by atoms with Crippen molar-refractivity contribution >= 4 is 6.03 Å². The second-order valence-corrected chi connectivity index (χ2v) is 8.27. The van der Waals surface area contributed by atoms with Crippen LogP contribution in [0.2, 0.25) is 0 Å². The van der Waals surface area contributed by atoms with Crippen molar-refractivity contribution < 1.29 is 14.1 Å². The van der Waals surface area contributed by atoms with Crippen molar-refractivity contribution in [3.05, 3.63) is 83.0 Å². The van der Waals surface area contributed by atoms with Crippen LogP contribution in [-0.2, 0) is 24.3 Å². The Balaban J connectivity index is 1.22. The fraction of sp³-hybridized carbons (Fsp3) is 0.400. The lowest BCUT2D eigenvalue weighted by Crippen LogP contribution is -2.44. The highest BCUT2D eigenvalue weighted by molar-refractivity contribution is 5.74. The van der Waals surface area contributed by atoms with Crippen LogP contribution in [0.4, 0.5) is 4.79 Å². The third kappa shape index (κ3) is 6.17. The van der Waals surface area contributed by atoms with Crippen molar-refractivity contribution in [3.8, 4) is 0 Å². The first-order valence-corrected chi connectivity index (χ1v) is 11.2. The van der Waals surface area contributed by atoms with Gasteiger partial charge in [0.25, 0.3) is 0 Å². The number of aromatic nitrogens is 2. The van der Waals surface area contributed by atoms with E-state index in [-0.39, 0.29) is 11.9 Å². The summed E-state index contributed by atoms with van der Waals surface area (Å²) in [6, 6.07) is 18.2. The third-order valence-corrected chi connectivity index (χ3v) is 5.69. The Morgan fingerprint density at radius 1 is 1.16 bits per heavy atom. The molecule has 168 valence electrons. The first kappa shape index (κ1) is 22.0. The molecule has 0 aliphatic carbocycles. The zero-order chi connectivity index (χ0) is 22.2. The van der Waals surface area contributed by atoms with Crippen molar-refractivity contribution in [2.45, 2.75) is 45.3 Å². The molecule has 7 nitrogen and oxygen atoms in total. The molecule has 1 fully saturated rings. The molecular weight excluding hydrogens is 404 g/mol. The number of carbonyl (C=O) groups excluding carboxylic acids is 1. The van der Waals surface area contributed by atoms with Gasteiger partial charge in [-0.25, -0.2) is 4.79 Å². The fourth-order valence-corrected chi connectivity index (χ4v) is 3.82. The van der Waals surface area contributed by atoms with Gasteiger partial charge in [0.2, 0.25) is 5.89 Å². The predicted octanol–water partition coefficient (Wildman–Crippen LogP) is 4.23. The van der Waals surface area contributed by atoms with E-state index >= 15 is 0 Å². The number of carbonyl (C=O) groups is 1. The highest BCUT2D eigenvalue weighted by Crippen LogP contribution is 2.25. The normalized spacial score (nSPS) is 16.2. The Morgan fingerprint density at radius 3 is 2.78 bits per heavy atom. The van der Waals surface area contributed by atoms with Crippen molar-refractivity contribution in [1.82, 2.24) is 20.4 Å². The Bertz CT molecular complexity index is 988. The van der Waals surface area contributed by atoms with Gasteiger partial charge >= 0.3 is 6.03 Å². The molecular formula is C25H30N4O3. The second-order valence-electron chi connectivity index (χ2n) is 8.27. The minimum absolute atomic E-state index is 0.0516. The monoisotopic (exact) mass is 434 g/mol. The average molecular weight is 435 g/mol. The van der Waals surface area contributed by atoms with E-state index in [4.69, 9.17) is 9.26 Å². The summed E-state index contributed by atoms with van der Waals surface area (Å²) in [6.07, 6.45) is 2.46. The molecule has 7 heteroatoms. The smallest absolute Gasteiger partial charge is 0.317 e. The van der Waals surface area contributed by atoms with E-state index in [0.29, 0.717) is 44.4 Å². The second kappa shape index (κ2) is 10.9. The number of rotatable bonds is 8.